The highest BCUT2D eigenvalue weighted by molar-refractivity contribution is 6.33. The molecule has 1 aliphatic heterocycles. The average Bonchev–Trinajstić information content (AvgIpc) is 3.01. The fraction of sp³-hybridized carbons (Fsp3) is 0.0435. The molecule has 1 aliphatic rings. The number of aryl methyl sites for hydroxylation is 1. The van der Waals surface area contributed by atoms with Gasteiger partial charge in [0.05, 0.1) is 11.3 Å². The predicted molar refractivity (Wildman–Crippen MR) is 108 cm³/mol. The molecule has 0 bridgehead atoms. The van der Waals surface area contributed by atoms with E-state index in [1.807, 2.05) is 31.2 Å². The van der Waals surface area contributed by atoms with Gasteiger partial charge in [0.15, 0.2) is 5.84 Å². The van der Waals surface area contributed by atoms with E-state index < -0.39 is 5.82 Å². The van der Waals surface area contributed by atoms with Crippen LogP contribution in [-0.4, -0.2) is 16.8 Å². The van der Waals surface area contributed by atoms with E-state index in [-0.39, 0.29) is 28.8 Å². The molecule has 0 spiro atoms. The summed E-state index contributed by atoms with van der Waals surface area (Å²) in [5.74, 6) is -0.527. The molecule has 3 aromatic rings. The Morgan fingerprint density at radius 3 is 2.32 bits per heavy atom. The van der Waals surface area contributed by atoms with Crippen LogP contribution in [0.5, 0.6) is 5.75 Å². The number of carbonyl (C=O) groups is 1. The highest BCUT2D eigenvalue weighted by Crippen LogP contribution is 2.29. The quantitative estimate of drug-likeness (QED) is 0.679. The Bertz CT molecular complexity index is 1100. The standard InChI is InChI=1S/C23H17FN2O2/c1-15-6-8-16(9-7-15)14-21-23(28)26(17-10-12-18(27)13-11-17)22(25-21)19-4-2-3-5-20(19)24/h2-14,27H,1H3/b21-14+. The first-order chi connectivity index (χ1) is 13.5. The fourth-order valence-electron chi connectivity index (χ4n) is 3.00. The molecule has 1 N–H and O–H groups in total. The van der Waals surface area contributed by atoms with Crippen LogP contribution < -0.4 is 4.90 Å². The zero-order chi connectivity index (χ0) is 19.7. The Morgan fingerprint density at radius 1 is 0.964 bits per heavy atom. The largest absolute Gasteiger partial charge is 0.508 e. The van der Waals surface area contributed by atoms with E-state index in [9.17, 15) is 14.3 Å². The minimum atomic E-state index is -0.464. The van der Waals surface area contributed by atoms with Crippen LogP contribution in [0.15, 0.2) is 83.5 Å². The first-order valence-electron chi connectivity index (χ1n) is 8.78. The third kappa shape index (κ3) is 3.30. The number of nitrogens with zero attached hydrogens (tertiary/aromatic N) is 2. The summed E-state index contributed by atoms with van der Waals surface area (Å²) >= 11 is 0. The van der Waals surface area contributed by atoms with Crippen LogP contribution in [0.25, 0.3) is 6.08 Å². The van der Waals surface area contributed by atoms with E-state index in [4.69, 9.17) is 0 Å². The summed E-state index contributed by atoms with van der Waals surface area (Å²) in [6.07, 6.45) is 1.68. The molecule has 4 nitrogen and oxygen atoms in total. The lowest BCUT2D eigenvalue weighted by atomic mass is 10.1. The summed E-state index contributed by atoms with van der Waals surface area (Å²) in [4.78, 5) is 18.9. The number of aromatic hydroxyl groups is 1. The van der Waals surface area contributed by atoms with Crippen molar-refractivity contribution in [3.63, 3.8) is 0 Å². The average molecular weight is 372 g/mol. The van der Waals surface area contributed by atoms with Gasteiger partial charge in [-0.2, -0.15) is 0 Å². The smallest absolute Gasteiger partial charge is 0.282 e. The lowest BCUT2D eigenvalue weighted by Gasteiger charge is -2.18. The minimum Gasteiger partial charge on any atom is -0.508 e. The summed E-state index contributed by atoms with van der Waals surface area (Å²) in [6, 6.07) is 20.0. The molecule has 0 atom stereocenters. The molecule has 0 saturated carbocycles. The molecule has 0 aliphatic carbocycles. The second kappa shape index (κ2) is 7.12. The Morgan fingerprint density at radius 2 is 1.64 bits per heavy atom. The summed E-state index contributed by atoms with van der Waals surface area (Å²) in [7, 11) is 0. The van der Waals surface area contributed by atoms with Crippen LogP contribution >= 0.6 is 0 Å². The molecule has 138 valence electrons. The number of halogens is 1. The number of amides is 1. The number of hydrogen-bond acceptors (Lipinski definition) is 3. The normalized spacial score (nSPS) is 15.2. The number of anilines is 1. The van der Waals surface area contributed by atoms with Gasteiger partial charge in [0.25, 0.3) is 5.91 Å². The lowest BCUT2D eigenvalue weighted by molar-refractivity contribution is -0.113. The van der Waals surface area contributed by atoms with Crippen molar-refractivity contribution in [1.29, 1.82) is 0 Å². The Labute approximate surface area is 161 Å². The van der Waals surface area contributed by atoms with Gasteiger partial charge in [-0.1, -0.05) is 42.0 Å². The van der Waals surface area contributed by atoms with E-state index in [2.05, 4.69) is 4.99 Å². The van der Waals surface area contributed by atoms with Crippen molar-refractivity contribution in [1.82, 2.24) is 0 Å². The highest BCUT2D eigenvalue weighted by atomic mass is 19.1. The molecule has 3 aromatic carbocycles. The molecular weight excluding hydrogens is 355 g/mol. The maximum atomic E-state index is 14.4. The molecule has 1 amide bonds. The van der Waals surface area contributed by atoms with Crippen LogP contribution in [0, 0.1) is 12.7 Å². The number of amidine groups is 1. The van der Waals surface area contributed by atoms with E-state index in [0.717, 1.165) is 11.1 Å². The first-order valence-corrected chi connectivity index (χ1v) is 8.78. The molecule has 0 saturated heterocycles. The maximum Gasteiger partial charge on any atom is 0.282 e. The van der Waals surface area contributed by atoms with Gasteiger partial charge in [-0.3, -0.25) is 9.69 Å². The van der Waals surface area contributed by atoms with Crippen LogP contribution in [0.2, 0.25) is 0 Å². The van der Waals surface area contributed by atoms with Gasteiger partial charge < -0.3 is 5.11 Å². The molecule has 5 heteroatoms. The van der Waals surface area contributed by atoms with Crippen molar-refractivity contribution in [3.05, 3.63) is 101 Å². The van der Waals surface area contributed by atoms with Gasteiger partial charge >= 0.3 is 0 Å². The molecule has 0 unspecified atom stereocenters. The Hall–Kier alpha value is -3.73. The SMILES string of the molecule is Cc1ccc(/C=C2/N=C(c3ccccc3F)N(c3ccc(O)cc3)C2=O)cc1. The number of rotatable bonds is 3. The first kappa shape index (κ1) is 17.7. The number of hydrogen-bond donors (Lipinski definition) is 1. The zero-order valence-electron chi connectivity index (χ0n) is 15.1. The number of phenols is 1. The van der Waals surface area contributed by atoms with Crippen molar-refractivity contribution in [2.75, 3.05) is 4.90 Å². The highest BCUT2D eigenvalue weighted by Gasteiger charge is 2.33. The van der Waals surface area contributed by atoms with Crippen molar-refractivity contribution in [3.8, 4) is 5.75 Å². The number of benzene rings is 3. The van der Waals surface area contributed by atoms with Gasteiger partial charge in [0, 0.05) is 0 Å². The van der Waals surface area contributed by atoms with Gasteiger partial charge in [-0.05, 0) is 55.0 Å². The van der Waals surface area contributed by atoms with Crippen LogP contribution in [0.3, 0.4) is 0 Å². The summed E-state index contributed by atoms with van der Waals surface area (Å²) in [6.45, 7) is 1.98. The van der Waals surface area contributed by atoms with Crippen molar-refractivity contribution < 1.29 is 14.3 Å². The van der Waals surface area contributed by atoms with E-state index >= 15 is 0 Å². The van der Waals surface area contributed by atoms with E-state index in [1.165, 1.54) is 23.1 Å². The van der Waals surface area contributed by atoms with Crippen molar-refractivity contribution >= 4 is 23.5 Å². The lowest BCUT2D eigenvalue weighted by Crippen LogP contribution is -2.33. The molecule has 1 heterocycles. The third-order valence-electron chi connectivity index (χ3n) is 4.46. The van der Waals surface area contributed by atoms with Crippen molar-refractivity contribution in [2.24, 2.45) is 4.99 Å². The molecule has 4 rings (SSSR count). The Balaban J connectivity index is 1.84. The van der Waals surface area contributed by atoms with E-state index in [1.54, 1.807) is 36.4 Å². The van der Waals surface area contributed by atoms with Gasteiger partial charge in [-0.15, -0.1) is 0 Å². The van der Waals surface area contributed by atoms with Crippen molar-refractivity contribution in [2.45, 2.75) is 6.92 Å². The summed E-state index contributed by atoms with van der Waals surface area (Å²) in [5.41, 5.74) is 2.89. The van der Waals surface area contributed by atoms with Crippen LogP contribution in [0.1, 0.15) is 16.7 Å². The van der Waals surface area contributed by atoms with Crippen LogP contribution in [0.4, 0.5) is 10.1 Å². The van der Waals surface area contributed by atoms with Gasteiger partial charge in [0.2, 0.25) is 0 Å². The molecule has 0 aromatic heterocycles. The molecule has 0 fully saturated rings. The zero-order valence-corrected chi connectivity index (χ0v) is 15.1. The second-order valence-electron chi connectivity index (χ2n) is 6.51. The fourth-order valence-corrected chi connectivity index (χ4v) is 3.00. The molecule has 28 heavy (non-hydrogen) atoms. The maximum absolute atomic E-state index is 14.4. The molecular formula is C23H17FN2O2. The third-order valence-corrected chi connectivity index (χ3v) is 4.46. The van der Waals surface area contributed by atoms with Gasteiger partial charge in [-0.25, -0.2) is 9.38 Å². The summed E-state index contributed by atoms with van der Waals surface area (Å²) in [5, 5.41) is 9.56. The number of aliphatic imine (C=N–C) groups is 1. The second-order valence-corrected chi connectivity index (χ2v) is 6.51. The predicted octanol–water partition coefficient (Wildman–Crippen LogP) is 4.67. The van der Waals surface area contributed by atoms with E-state index in [0.29, 0.717) is 5.69 Å². The topological polar surface area (TPSA) is 52.9 Å². The van der Waals surface area contributed by atoms with Crippen LogP contribution in [-0.2, 0) is 4.79 Å². The Kier molecular flexibility index (Phi) is 4.49. The minimum absolute atomic E-state index is 0.0789. The van der Waals surface area contributed by atoms with Gasteiger partial charge in [0.1, 0.15) is 17.3 Å². The molecule has 0 radical (unpaired) electrons. The summed E-state index contributed by atoms with van der Waals surface area (Å²) < 4.78 is 14.4. The number of carbonyl (C=O) groups excluding carboxylic acids is 1. The number of phenolic OH excluding ortho intramolecular Hbond substituents is 1. The monoisotopic (exact) mass is 372 g/mol.